The fourth-order valence-electron chi connectivity index (χ4n) is 5.58. The quantitative estimate of drug-likeness (QED) is 0.198. The summed E-state index contributed by atoms with van der Waals surface area (Å²) >= 11 is 0. The number of aliphatic carboxylic acids is 1. The molecule has 0 bridgehead atoms. The van der Waals surface area contributed by atoms with Crippen LogP contribution in [-0.2, 0) is 15.1 Å². The minimum atomic E-state index is -4.95. The van der Waals surface area contributed by atoms with Crippen LogP contribution in [0.5, 0.6) is 0 Å². The van der Waals surface area contributed by atoms with Crippen LogP contribution in [0.2, 0.25) is 0 Å². The second kappa shape index (κ2) is 11.7. The van der Waals surface area contributed by atoms with Gasteiger partial charge in [0.15, 0.2) is 0 Å². The van der Waals surface area contributed by atoms with E-state index in [1.807, 2.05) is 49.4 Å². The monoisotopic (exact) mass is 574 g/mol. The topological polar surface area (TPSA) is 91.4 Å². The number of carbonyl (C=O) groups excluding carboxylic acids is 1. The normalized spacial score (nSPS) is 19.3. The van der Waals surface area contributed by atoms with E-state index in [1.165, 1.54) is 6.08 Å². The maximum absolute atomic E-state index is 14.3. The number of carboxylic acids is 1. The lowest BCUT2D eigenvalue weighted by Crippen LogP contribution is -2.43. The number of halogens is 3. The van der Waals surface area contributed by atoms with Crippen molar-refractivity contribution in [3.63, 3.8) is 0 Å². The van der Waals surface area contributed by atoms with Gasteiger partial charge in [-0.15, -0.1) is 13.2 Å². The van der Waals surface area contributed by atoms with E-state index in [2.05, 4.69) is 10.3 Å². The molecular weight excluding hydrogens is 545 g/mol. The molecule has 1 aliphatic carbocycles. The van der Waals surface area contributed by atoms with Gasteiger partial charge in [0.2, 0.25) is 0 Å². The molecule has 1 amide bonds. The Kier molecular flexibility index (Phi) is 8.04. The third-order valence-corrected chi connectivity index (χ3v) is 7.63. The Morgan fingerprint density at radius 3 is 2.40 bits per heavy atom. The van der Waals surface area contributed by atoms with Crippen molar-refractivity contribution < 1.29 is 32.6 Å². The van der Waals surface area contributed by atoms with E-state index in [1.54, 1.807) is 54.7 Å². The van der Waals surface area contributed by atoms with Crippen LogP contribution in [0.1, 0.15) is 46.3 Å². The van der Waals surface area contributed by atoms with Crippen LogP contribution in [0.3, 0.4) is 0 Å². The summed E-state index contributed by atoms with van der Waals surface area (Å²) in [6, 6.07) is 23.2. The van der Waals surface area contributed by atoms with E-state index in [9.17, 15) is 22.8 Å². The largest absolute Gasteiger partial charge is 0.523 e. The number of alkyl halides is 3. The number of aromatic amines is 1. The first kappa shape index (κ1) is 28.9. The molecule has 1 heterocycles. The predicted molar refractivity (Wildman–Crippen MR) is 154 cm³/mol. The van der Waals surface area contributed by atoms with E-state index in [-0.39, 0.29) is 13.0 Å². The molecule has 3 aromatic carbocycles. The second-order valence-electron chi connectivity index (χ2n) is 10.2. The summed E-state index contributed by atoms with van der Waals surface area (Å²) in [4.78, 5) is 26.3. The minimum Gasteiger partial charge on any atom is -0.481 e. The van der Waals surface area contributed by atoms with Gasteiger partial charge < -0.3 is 15.4 Å². The number of nitrogens with one attached hydrogen (secondary N) is 2. The molecule has 0 saturated heterocycles. The van der Waals surface area contributed by atoms with Crippen LogP contribution < -0.4 is 5.32 Å². The van der Waals surface area contributed by atoms with Gasteiger partial charge in [0.25, 0.3) is 5.91 Å². The van der Waals surface area contributed by atoms with Crippen molar-refractivity contribution in [2.24, 2.45) is 5.92 Å². The summed E-state index contributed by atoms with van der Waals surface area (Å²) in [5.74, 6) is -2.76. The van der Waals surface area contributed by atoms with Crippen molar-refractivity contribution in [2.45, 2.75) is 31.2 Å². The number of allylic oxidation sites excluding steroid dienone is 2. The lowest BCUT2D eigenvalue weighted by atomic mass is 9.68. The smallest absolute Gasteiger partial charge is 0.481 e. The van der Waals surface area contributed by atoms with Crippen LogP contribution in [0.25, 0.3) is 16.5 Å². The Hall–Kier alpha value is -4.63. The zero-order chi connectivity index (χ0) is 29.9. The third kappa shape index (κ3) is 6.01. The number of amides is 1. The number of H-pyrrole nitrogens is 1. The van der Waals surface area contributed by atoms with Crippen LogP contribution in [0.15, 0.2) is 103 Å². The average molecular weight is 575 g/mol. The first-order valence-electron chi connectivity index (χ1n) is 13.5. The number of hydrogen-bond donors (Lipinski definition) is 3. The third-order valence-electron chi connectivity index (χ3n) is 7.63. The molecule has 42 heavy (non-hydrogen) atoms. The maximum Gasteiger partial charge on any atom is 0.523 e. The SMILES string of the molecule is CC(c1ccc(C(=O)NCCC(=O)O)cc1)C1C=C(c2ccccc2)C=CC1(OC(F)(F)F)c1c[nH]c2ccccc12. The number of carbonyl (C=O) groups is 2. The van der Waals surface area contributed by atoms with E-state index in [0.29, 0.717) is 27.6 Å². The summed E-state index contributed by atoms with van der Waals surface area (Å²) in [5, 5.41) is 12.0. The van der Waals surface area contributed by atoms with Crippen LogP contribution in [0, 0.1) is 5.92 Å². The van der Waals surface area contributed by atoms with Crippen LogP contribution in [0.4, 0.5) is 13.2 Å². The summed E-state index contributed by atoms with van der Waals surface area (Å²) in [7, 11) is 0. The van der Waals surface area contributed by atoms with Gasteiger partial charge >= 0.3 is 12.3 Å². The lowest BCUT2D eigenvalue weighted by molar-refractivity contribution is -0.368. The molecule has 1 aliphatic rings. The fourth-order valence-corrected chi connectivity index (χ4v) is 5.58. The van der Waals surface area contributed by atoms with Crippen LogP contribution in [-0.4, -0.2) is 34.9 Å². The highest BCUT2D eigenvalue weighted by atomic mass is 19.4. The van der Waals surface area contributed by atoms with E-state index in [4.69, 9.17) is 9.84 Å². The molecule has 0 spiro atoms. The molecule has 1 aromatic heterocycles. The molecular formula is C33H29F3N2O4. The Balaban J connectivity index is 1.59. The first-order chi connectivity index (χ1) is 20.1. The second-order valence-corrected chi connectivity index (χ2v) is 10.2. The summed E-state index contributed by atoms with van der Waals surface area (Å²) < 4.78 is 47.9. The van der Waals surface area contributed by atoms with E-state index < -0.39 is 35.7 Å². The number of fused-ring (bicyclic) bond motifs is 1. The highest BCUT2D eigenvalue weighted by Crippen LogP contribution is 2.52. The van der Waals surface area contributed by atoms with Crippen molar-refractivity contribution >= 4 is 28.4 Å². The Labute approximate surface area is 240 Å². The predicted octanol–water partition coefficient (Wildman–Crippen LogP) is 7.18. The lowest BCUT2D eigenvalue weighted by Gasteiger charge is -2.42. The number of benzene rings is 3. The number of ether oxygens (including phenoxy) is 1. The molecule has 0 aliphatic heterocycles. The van der Waals surface area contributed by atoms with Gasteiger partial charge in [0, 0.05) is 40.7 Å². The molecule has 216 valence electrons. The summed E-state index contributed by atoms with van der Waals surface area (Å²) in [6.45, 7) is 1.82. The van der Waals surface area contributed by atoms with Crippen molar-refractivity contribution in [1.82, 2.24) is 10.3 Å². The van der Waals surface area contributed by atoms with E-state index in [0.717, 1.165) is 11.1 Å². The first-order valence-corrected chi connectivity index (χ1v) is 13.5. The zero-order valence-corrected chi connectivity index (χ0v) is 22.7. The molecule has 6 nitrogen and oxygen atoms in total. The van der Waals surface area contributed by atoms with Gasteiger partial charge in [-0.25, -0.2) is 0 Å². The molecule has 4 aromatic rings. The Morgan fingerprint density at radius 1 is 1.02 bits per heavy atom. The van der Waals surface area contributed by atoms with Gasteiger partial charge in [-0.3, -0.25) is 14.3 Å². The molecule has 9 heteroatoms. The van der Waals surface area contributed by atoms with Crippen molar-refractivity contribution in [2.75, 3.05) is 6.54 Å². The maximum atomic E-state index is 14.3. The number of para-hydroxylation sites is 1. The number of hydrogen-bond acceptors (Lipinski definition) is 3. The Bertz CT molecular complexity index is 1640. The number of aromatic nitrogens is 1. The van der Waals surface area contributed by atoms with Gasteiger partial charge in [-0.1, -0.05) is 79.7 Å². The average Bonchev–Trinajstić information content (AvgIpc) is 3.41. The molecule has 5 rings (SSSR count). The van der Waals surface area contributed by atoms with Crippen molar-refractivity contribution in [3.8, 4) is 0 Å². The van der Waals surface area contributed by atoms with Crippen molar-refractivity contribution in [3.05, 3.63) is 126 Å². The van der Waals surface area contributed by atoms with Gasteiger partial charge in [0.1, 0.15) is 5.60 Å². The molecule has 0 fully saturated rings. The van der Waals surface area contributed by atoms with Crippen molar-refractivity contribution in [1.29, 1.82) is 0 Å². The van der Waals surface area contributed by atoms with E-state index >= 15 is 0 Å². The highest BCUT2D eigenvalue weighted by Gasteiger charge is 2.51. The zero-order valence-electron chi connectivity index (χ0n) is 22.7. The van der Waals surface area contributed by atoms with Gasteiger partial charge in [-0.05, 0) is 46.9 Å². The Morgan fingerprint density at radius 2 is 1.71 bits per heavy atom. The minimum absolute atomic E-state index is 0.0181. The van der Waals surface area contributed by atoms with Gasteiger partial charge in [0.05, 0.1) is 6.42 Å². The number of rotatable bonds is 9. The molecule has 3 N–H and O–H groups in total. The van der Waals surface area contributed by atoms with Crippen LogP contribution >= 0.6 is 0 Å². The standard InChI is InChI=1S/C33H29F3N2O4/c1-21(22-11-13-24(14-12-22)31(41)37-18-16-30(39)40)27-19-25(23-7-3-2-4-8-23)15-17-32(27,42-33(34,35)36)28-20-38-29-10-6-5-9-26(28)29/h2-15,17,19-21,27,38H,16,18H2,1H3,(H,37,41)(H,39,40). The number of carboxylic acid groups (broad SMARTS) is 1. The molecule has 0 radical (unpaired) electrons. The fraction of sp³-hybridized carbons (Fsp3) is 0.212. The summed E-state index contributed by atoms with van der Waals surface area (Å²) in [6.07, 6.45) is 1.44. The molecule has 3 unspecified atom stereocenters. The van der Waals surface area contributed by atoms with Gasteiger partial charge in [-0.2, -0.15) is 0 Å². The molecule has 3 atom stereocenters. The summed E-state index contributed by atoms with van der Waals surface area (Å²) in [5.41, 5.74) is 1.80. The highest BCUT2D eigenvalue weighted by molar-refractivity contribution is 5.94. The molecule has 0 saturated carbocycles.